The molecule has 0 amide bonds. The first kappa shape index (κ1) is 21.2. The SMILES string of the molecule is CCNC(=NCC(C)(C)NC(C)c1ccccc1)N1CCCC1.I. The molecule has 1 saturated heterocycles. The summed E-state index contributed by atoms with van der Waals surface area (Å²) in [5.74, 6) is 1.06. The smallest absolute Gasteiger partial charge is 0.193 e. The molecule has 136 valence electrons. The van der Waals surface area contributed by atoms with Crippen molar-refractivity contribution in [2.75, 3.05) is 26.2 Å². The number of benzene rings is 1. The Kier molecular flexibility index (Phi) is 9.05. The second kappa shape index (κ2) is 10.2. The van der Waals surface area contributed by atoms with Gasteiger partial charge in [0.15, 0.2) is 5.96 Å². The molecule has 0 radical (unpaired) electrons. The van der Waals surface area contributed by atoms with Gasteiger partial charge >= 0.3 is 0 Å². The maximum Gasteiger partial charge on any atom is 0.193 e. The zero-order valence-electron chi connectivity index (χ0n) is 15.5. The highest BCUT2D eigenvalue weighted by atomic mass is 127. The molecule has 0 spiro atoms. The fourth-order valence-corrected chi connectivity index (χ4v) is 3.08. The van der Waals surface area contributed by atoms with Crippen molar-refractivity contribution < 1.29 is 0 Å². The normalized spacial score (nSPS) is 16.7. The number of hydrogen-bond acceptors (Lipinski definition) is 2. The Hall–Kier alpha value is -0.820. The monoisotopic (exact) mass is 444 g/mol. The summed E-state index contributed by atoms with van der Waals surface area (Å²) in [4.78, 5) is 7.26. The molecule has 1 aliphatic heterocycles. The minimum absolute atomic E-state index is 0. The fraction of sp³-hybridized carbons (Fsp3) is 0.632. The largest absolute Gasteiger partial charge is 0.357 e. The molecule has 1 fully saturated rings. The lowest BCUT2D eigenvalue weighted by molar-refractivity contribution is 0.354. The zero-order valence-corrected chi connectivity index (χ0v) is 17.8. The van der Waals surface area contributed by atoms with Gasteiger partial charge in [-0.3, -0.25) is 4.99 Å². The number of halogens is 1. The van der Waals surface area contributed by atoms with Gasteiger partial charge in [0, 0.05) is 31.2 Å². The summed E-state index contributed by atoms with van der Waals surface area (Å²) in [6.07, 6.45) is 2.55. The summed E-state index contributed by atoms with van der Waals surface area (Å²) < 4.78 is 0. The standard InChI is InChI=1S/C19H32N4.HI/c1-5-20-18(23-13-9-10-14-23)21-15-19(3,4)22-16(2)17-11-7-6-8-12-17;/h6-8,11-12,16,22H,5,9-10,13-15H2,1-4H3,(H,20,21);1H. The van der Waals surface area contributed by atoms with E-state index in [1.807, 2.05) is 0 Å². The van der Waals surface area contributed by atoms with Crippen LogP contribution in [0.4, 0.5) is 0 Å². The molecule has 5 heteroatoms. The highest BCUT2D eigenvalue weighted by molar-refractivity contribution is 14.0. The van der Waals surface area contributed by atoms with Crippen LogP contribution in [-0.2, 0) is 0 Å². The van der Waals surface area contributed by atoms with Crippen molar-refractivity contribution in [1.29, 1.82) is 0 Å². The molecule has 1 unspecified atom stereocenters. The van der Waals surface area contributed by atoms with Crippen molar-refractivity contribution in [2.45, 2.75) is 52.1 Å². The van der Waals surface area contributed by atoms with E-state index in [9.17, 15) is 0 Å². The van der Waals surface area contributed by atoms with Gasteiger partial charge in [0.1, 0.15) is 0 Å². The minimum Gasteiger partial charge on any atom is -0.357 e. The Bertz CT molecular complexity index is 495. The van der Waals surface area contributed by atoms with Gasteiger partial charge < -0.3 is 15.5 Å². The molecule has 24 heavy (non-hydrogen) atoms. The van der Waals surface area contributed by atoms with Crippen molar-refractivity contribution >= 4 is 29.9 Å². The zero-order chi connectivity index (χ0) is 16.7. The molecular formula is C19H33IN4. The second-order valence-corrected chi connectivity index (χ2v) is 7.02. The van der Waals surface area contributed by atoms with Crippen LogP contribution < -0.4 is 10.6 Å². The molecule has 1 aromatic rings. The van der Waals surface area contributed by atoms with Crippen LogP contribution in [0.15, 0.2) is 35.3 Å². The Morgan fingerprint density at radius 2 is 1.83 bits per heavy atom. The Balaban J connectivity index is 0.00000288. The molecule has 0 aromatic heterocycles. The van der Waals surface area contributed by atoms with E-state index in [0.717, 1.165) is 32.1 Å². The summed E-state index contributed by atoms with van der Waals surface area (Å²) in [5, 5.41) is 7.14. The first-order valence-corrected chi connectivity index (χ1v) is 8.88. The predicted octanol–water partition coefficient (Wildman–Crippen LogP) is 3.80. The third-order valence-corrected chi connectivity index (χ3v) is 4.27. The Morgan fingerprint density at radius 1 is 1.21 bits per heavy atom. The van der Waals surface area contributed by atoms with Gasteiger partial charge in [0.25, 0.3) is 0 Å². The summed E-state index contributed by atoms with van der Waals surface area (Å²) in [7, 11) is 0. The molecule has 0 saturated carbocycles. The Labute approximate surface area is 164 Å². The van der Waals surface area contributed by atoms with Gasteiger partial charge in [0.2, 0.25) is 0 Å². The molecule has 1 aliphatic rings. The van der Waals surface area contributed by atoms with Crippen LogP contribution in [0.1, 0.15) is 52.1 Å². The molecule has 2 N–H and O–H groups in total. The summed E-state index contributed by atoms with van der Waals surface area (Å²) in [6.45, 7) is 12.7. The van der Waals surface area contributed by atoms with E-state index in [1.54, 1.807) is 0 Å². The van der Waals surface area contributed by atoms with Crippen LogP contribution >= 0.6 is 24.0 Å². The molecule has 0 bridgehead atoms. The predicted molar refractivity (Wildman–Crippen MR) is 114 cm³/mol. The van der Waals surface area contributed by atoms with Gasteiger partial charge in [-0.15, -0.1) is 24.0 Å². The fourth-order valence-electron chi connectivity index (χ4n) is 3.08. The third-order valence-electron chi connectivity index (χ3n) is 4.27. The minimum atomic E-state index is -0.0460. The van der Waals surface area contributed by atoms with Gasteiger partial charge in [-0.25, -0.2) is 0 Å². The number of rotatable bonds is 6. The van der Waals surface area contributed by atoms with E-state index in [-0.39, 0.29) is 29.5 Å². The Morgan fingerprint density at radius 3 is 2.42 bits per heavy atom. The van der Waals surface area contributed by atoms with Gasteiger partial charge in [0.05, 0.1) is 6.54 Å². The van der Waals surface area contributed by atoms with E-state index in [4.69, 9.17) is 4.99 Å². The van der Waals surface area contributed by atoms with Gasteiger partial charge in [-0.1, -0.05) is 30.3 Å². The quantitative estimate of drug-likeness (QED) is 0.399. The van der Waals surface area contributed by atoms with E-state index in [0.29, 0.717) is 6.04 Å². The third kappa shape index (κ3) is 6.59. The van der Waals surface area contributed by atoms with Gasteiger partial charge in [-0.05, 0) is 46.1 Å². The van der Waals surface area contributed by atoms with Crippen molar-refractivity contribution in [3.05, 3.63) is 35.9 Å². The van der Waals surface area contributed by atoms with Crippen molar-refractivity contribution in [3.8, 4) is 0 Å². The number of nitrogens with zero attached hydrogens (tertiary/aromatic N) is 2. The maximum absolute atomic E-state index is 4.88. The summed E-state index contributed by atoms with van der Waals surface area (Å²) in [6, 6.07) is 10.9. The molecular weight excluding hydrogens is 411 g/mol. The highest BCUT2D eigenvalue weighted by Gasteiger charge is 2.22. The van der Waals surface area contributed by atoms with Crippen molar-refractivity contribution in [3.63, 3.8) is 0 Å². The lowest BCUT2D eigenvalue weighted by Crippen LogP contribution is -2.46. The summed E-state index contributed by atoms with van der Waals surface area (Å²) in [5.41, 5.74) is 1.27. The second-order valence-electron chi connectivity index (χ2n) is 7.02. The molecule has 1 atom stereocenters. The summed E-state index contributed by atoms with van der Waals surface area (Å²) >= 11 is 0. The number of hydrogen-bond donors (Lipinski definition) is 2. The van der Waals surface area contributed by atoms with E-state index < -0.39 is 0 Å². The lowest BCUT2D eigenvalue weighted by Gasteiger charge is -2.30. The molecule has 1 aromatic carbocycles. The van der Waals surface area contributed by atoms with Gasteiger partial charge in [-0.2, -0.15) is 0 Å². The molecule has 0 aliphatic carbocycles. The van der Waals surface area contributed by atoms with Crippen molar-refractivity contribution in [2.24, 2.45) is 4.99 Å². The van der Waals surface area contributed by atoms with E-state index in [2.05, 4.69) is 73.6 Å². The topological polar surface area (TPSA) is 39.7 Å². The van der Waals surface area contributed by atoms with Crippen molar-refractivity contribution in [1.82, 2.24) is 15.5 Å². The number of aliphatic imine (C=N–C) groups is 1. The van der Waals surface area contributed by atoms with Crippen LogP contribution in [0, 0.1) is 0 Å². The molecule has 1 heterocycles. The maximum atomic E-state index is 4.88. The van der Waals surface area contributed by atoms with Crippen LogP contribution in [0.2, 0.25) is 0 Å². The number of nitrogens with one attached hydrogen (secondary N) is 2. The average molecular weight is 444 g/mol. The molecule has 2 rings (SSSR count). The highest BCUT2D eigenvalue weighted by Crippen LogP contribution is 2.17. The average Bonchev–Trinajstić information content (AvgIpc) is 3.06. The van der Waals surface area contributed by atoms with E-state index in [1.165, 1.54) is 18.4 Å². The van der Waals surface area contributed by atoms with Crippen LogP contribution in [0.25, 0.3) is 0 Å². The van der Waals surface area contributed by atoms with Crippen LogP contribution in [0.5, 0.6) is 0 Å². The number of guanidine groups is 1. The lowest BCUT2D eigenvalue weighted by atomic mass is 10.0. The molecule has 4 nitrogen and oxygen atoms in total. The first-order chi connectivity index (χ1) is 11.0. The van der Waals surface area contributed by atoms with Crippen LogP contribution in [-0.4, -0.2) is 42.6 Å². The number of likely N-dealkylation sites (tertiary alicyclic amines) is 1. The first-order valence-electron chi connectivity index (χ1n) is 8.88. The van der Waals surface area contributed by atoms with E-state index >= 15 is 0 Å². The van der Waals surface area contributed by atoms with Crippen LogP contribution in [0.3, 0.4) is 0 Å².